The highest BCUT2D eigenvalue weighted by molar-refractivity contribution is 6.31. The molecule has 1 saturated carbocycles. The Bertz CT molecular complexity index is 833. The van der Waals surface area contributed by atoms with Gasteiger partial charge in [0.25, 0.3) is 0 Å². The summed E-state index contributed by atoms with van der Waals surface area (Å²) < 4.78 is 16.5. The van der Waals surface area contributed by atoms with Crippen molar-refractivity contribution in [3.8, 4) is 11.5 Å². The van der Waals surface area contributed by atoms with E-state index >= 15 is 0 Å². The summed E-state index contributed by atoms with van der Waals surface area (Å²) in [5.74, 6) is 0.349. The van der Waals surface area contributed by atoms with Crippen LogP contribution in [0.3, 0.4) is 0 Å². The molecule has 6 heteroatoms. The van der Waals surface area contributed by atoms with Gasteiger partial charge in [0.05, 0.1) is 12.7 Å². The number of methoxy groups -OCH3 is 1. The number of Topliss-reactive ketones (excluding diaryl/α,β-unsaturated/α-hetero) is 1. The van der Waals surface area contributed by atoms with Crippen LogP contribution in [0, 0.1) is 0 Å². The molecule has 142 valence electrons. The molecular formula is C21H21ClO5. The van der Waals surface area contributed by atoms with Crippen molar-refractivity contribution in [3.05, 3.63) is 58.6 Å². The van der Waals surface area contributed by atoms with E-state index in [1.54, 1.807) is 24.3 Å². The molecule has 0 aliphatic heterocycles. The van der Waals surface area contributed by atoms with E-state index in [2.05, 4.69) is 0 Å². The molecule has 1 aliphatic carbocycles. The Morgan fingerprint density at radius 2 is 1.96 bits per heavy atom. The van der Waals surface area contributed by atoms with Crippen molar-refractivity contribution in [3.63, 3.8) is 0 Å². The van der Waals surface area contributed by atoms with E-state index in [4.69, 9.17) is 25.8 Å². The highest BCUT2D eigenvalue weighted by Gasteiger charge is 2.26. The molecule has 1 aliphatic rings. The molecule has 2 aromatic rings. The second kappa shape index (κ2) is 8.91. The molecule has 5 nitrogen and oxygen atoms in total. The number of ether oxygens (including phenoxy) is 3. The Hall–Kier alpha value is -2.53. The Morgan fingerprint density at radius 1 is 1.15 bits per heavy atom. The highest BCUT2D eigenvalue weighted by Crippen LogP contribution is 2.30. The zero-order valence-electron chi connectivity index (χ0n) is 15.1. The van der Waals surface area contributed by atoms with Gasteiger partial charge in [0.15, 0.2) is 23.4 Å². The lowest BCUT2D eigenvalue weighted by molar-refractivity contribution is -0.129. The number of benzene rings is 2. The van der Waals surface area contributed by atoms with Gasteiger partial charge < -0.3 is 14.2 Å². The van der Waals surface area contributed by atoms with E-state index in [1.165, 1.54) is 7.11 Å². The molecule has 0 N–H and O–H groups in total. The van der Waals surface area contributed by atoms with E-state index in [-0.39, 0.29) is 12.4 Å². The topological polar surface area (TPSA) is 61.8 Å². The number of ketones is 1. The molecule has 0 saturated heterocycles. The minimum Gasteiger partial charge on any atom is -0.493 e. The first kappa shape index (κ1) is 19.2. The predicted molar refractivity (Wildman–Crippen MR) is 101 cm³/mol. The third kappa shape index (κ3) is 4.80. The monoisotopic (exact) mass is 388 g/mol. The molecule has 1 fully saturated rings. The lowest BCUT2D eigenvalue weighted by Crippen LogP contribution is -2.30. The average molecular weight is 389 g/mol. The molecule has 0 heterocycles. The van der Waals surface area contributed by atoms with Gasteiger partial charge in [0, 0.05) is 17.0 Å². The van der Waals surface area contributed by atoms with E-state index in [0.717, 1.165) is 18.4 Å². The summed E-state index contributed by atoms with van der Waals surface area (Å²) in [5, 5.41) is 0.619. The first-order valence-corrected chi connectivity index (χ1v) is 9.24. The first-order valence-electron chi connectivity index (χ1n) is 8.86. The molecule has 0 amide bonds. The maximum atomic E-state index is 12.4. The number of carbonyl (C=O) groups is 2. The zero-order chi connectivity index (χ0) is 19.2. The summed E-state index contributed by atoms with van der Waals surface area (Å²) in [4.78, 5) is 24.2. The molecule has 0 spiro atoms. The third-order valence-electron chi connectivity index (χ3n) is 4.49. The van der Waals surface area contributed by atoms with Crippen molar-refractivity contribution in [2.24, 2.45) is 0 Å². The van der Waals surface area contributed by atoms with Crippen LogP contribution in [0.5, 0.6) is 11.5 Å². The normalized spacial score (nSPS) is 16.7. The van der Waals surface area contributed by atoms with Crippen LogP contribution >= 0.6 is 11.6 Å². The van der Waals surface area contributed by atoms with Gasteiger partial charge in [-0.2, -0.15) is 0 Å². The fourth-order valence-corrected chi connectivity index (χ4v) is 3.15. The Labute approximate surface area is 163 Å². The van der Waals surface area contributed by atoms with E-state index in [0.29, 0.717) is 34.9 Å². The number of esters is 1. The maximum Gasteiger partial charge on any atom is 0.338 e. The summed E-state index contributed by atoms with van der Waals surface area (Å²) in [6.45, 7) is 0.274. The highest BCUT2D eigenvalue weighted by atomic mass is 35.5. The summed E-state index contributed by atoms with van der Waals surface area (Å²) in [6.07, 6.45) is 2.16. The van der Waals surface area contributed by atoms with Gasteiger partial charge in [-0.25, -0.2) is 4.79 Å². The van der Waals surface area contributed by atoms with Crippen LogP contribution in [-0.2, 0) is 16.1 Å². The number of carbonyl (C=O) groups excluding carboxylic acids is 2. The van der Waals surface area contributed by atoms with Gasteiger partial charge in [-0.05, 0) is 43.5 Å². The van der Waals surface area contributed by atoms with Crippen LogP contribution in [0.4, 0.5) is 0 Å². The third-order valence-corrected chi connectivity index (χ3v) is 4.86. The molecule has 27 heavy (non-hydrogen) atoms. The molecule has 1 atom stereocenters. The number of hydrogen-bond acceptors (Lipinski definition) is 5. The number of rotatable bonds is 6. The average Bonchev–Trinajstić information content (AvgIpc) is 2.69. The summed E-state index contributed by atoms with van der Waals surface area (Å²) in [6, 6.07) is 12.2. The van der Waals surface area contributed by atoms with Gasteiger partial charge >= 0.3 is 5.97 Å². The van der Waals surface area contributed by atoms with Gasteiger partial charge in [-0.3, -0.25) is 4.79 Å². The van der Waals surface area contributed by atoms with Gasteiger partial charge in [0.2, 0.25) is 0 Å². The number of halogens is 1. The molecule has 0 aromatic heterocycles. The van der Waals surface area contributed by atoms with Crippen molar-refractivity contribution < 1.29 is 23.8 Å². The van der Waals surface area contributed by atoms with E-state index in [1.807, 2.05) is 18.2 Å². The van der Waals surface area contributed by atoms with Gasteiger partial charge in [-0.1, -0.05) is 29.8 Å². The minimum absolute atomic E-state index is 0.0127. The standard InChI is InChI=1S/C21H21ClO5/c1-25-20-12-14(21(24)27-18-9-5-4-8-17(18)23)10-11-19(20)26-13-15-6-2-3-7-16(15)22/h2-3,6-7,10-12,18H,4-5,8-9,13H2,1H3/t18-/m1/s1. The Morgan fingerprint density at radius 3 is 2.70 bits per heavy atom. The van der Waals surface area contributed by atoms with Crippen LogP contribution in [0.2, 0.25) is 5.02 Å². The van der Waals surface area contributed by atoms with Crippen LogP contribution in [0.25, 0.3) is 0 Å². The first-order chi connectivity index (χ1) is 13.1. The van der Waals surface area contributed by atoms with Crippen molar-refractivity contribution in [1.82, 2.24) is 0 Å². The van der Waals surface area contributed by atoms with Crippen LogP contribution in [0.15, 0.2) is 42.5 Å². The smallest absolute Gasteiger partial charge is 0.338 e. The van der Waals surface area contributed by atoms with Crippen molar-refractivity contribution in [2.75, 3.05) is 7.11 Å². The Kier molecular flexibility index (Phi) is 6.35. The molecular weight excluding hydrogens is 368 g/mol. The fourth-order valence-electron chi connectivity index (χ4n) is 2.96. The van der Waals surface area contributed by atoms with Crippen LogP contribution in [-0.4, -0.2) is 25.0 Å². The number of hydrogen-bond donors (Lipinski definition) is 0. The van der Waals surface area contributed by atoms with E-state index < -0.39 is 12.1 Å². The molecule has 0 bridgehead atoms. The fraction of sp³-hybridized carbons (Fsp3) is 0.333. The van der Waals surface area contributed by atoms with Gasteiger partial charge in [-0.15, -0.1) is 0 Å². The van der Waals surface area contributed by atoms with Crippen LogP contribution < -0.4 is 9.47 Å². The second-order valence-corrected chi connectivity index (χ2v) is 6.76. The van der Waals surface area contributed by atoms with E-state index in [9.17, 15) is 9.59 Å². The molecule has 0 radical (unpaired) electrons. The molecule has 0 unspecified atom stereocenters. The zero-order valence-corrected chi connectivity index (χ0v) is 15.8. The van der Waals surface area contributed by atoms with Crippen molar-refractivity contribution >= 4 is 23.4 Å². The quantitative estimate of drug-likeness (QED) is 0.677. The second-order valence-electron chi connectivity index (χ2n) is 6.35. The summed E-state index contributed by atoms with van der Waals surface area (Å²) in [5.41, 5.74) is 1.16. The van der Waals surface area contributed by atoms with Crippen LogP contribution in [0.1, 0.15) is 41.6 Å². The lowest BCUT2D eigenvalue weighted by atomic mass is 9.96. The lowest BCUT2D eigenvalue weighted by Gasteiger charge is -2.21. The summed E-state index contributed by atoms with van der Waals surface area (Å²) >= 11 is 6.14. The van der Waals surface area contributed by atoms with Crippen molar-refractivity contribution in [1.29, 1.82) is 0 Å². The van der Waals surface area contributed by atoms with Crippen molar-refractivity contribution in [2.45, 2.75) is 38.4 Å². The maximum absolute atomic E-state index is 12.4. The molecule has 2 aromatic carbocycles. The molecule has 3 rings (SSSR count). The SMILES string of the molecule is COc1cc(C(=O)O[C@@H]2CCCCC2=O)ccc1OCc1ccccc1Cl. The minimum atomic E-state index is -0.645. The van der Waals surface area contributed by atoms with Gasteiger partial charge in [0.1, 0.15) is 6.61 Å². The summed E-state index contributed by atoms with van der Waals surface area (Å²) in [7, 11) is 1.50. The Balaban J connectivity index is 1.69. The predicted octanol–water partition coefficient (Wildman–Crippen LogP) is 4.60. The largest absolute Gasteiger partial charge is 0.493 e.